The van der Waals surface area contributed by atoms with E-state index in [-0.39, 0.29) is 13.0 Å². The molecule has 1 aromatic heterocycles. The van der Waals surface area contributed by atoms with Gasteiger partial charge in [0, 0.05) is 12.6 Å². The second-order valence-electron chi connectivity index (χ2n) is 8.06. The summed E-state index contributed by atoms with van der Waals surface area (Å²) in [5, 5.41) is 2.57. The maximum Gasteiger partial charge on any atom is 0.407 e. The zero-order chi connectivity index (χ0) is 24.5. The van der Waals surface area contributed by atoms with Crippen LogP contribution in [0, 0.1) is 0 Å². The SMILES string of the molecule is COC(=O)NC(Cc1c[nH]cn1)C(=O)OCC(c1ccccc1)(c1ccccc1)c1ccccc1. The molecule has 4 rings (SSSR count). The van der Waals surface area contributed by atoms with E-state index < -0.39 is 23.5 Å². The number of nitrogens with zero attached hydrogens (tertiary/aromatic N) is 1. The average molecular weight is 470 g/mol. The molecule has 0 aliphatic heterocycles. The molecule has 0 saturated carbocycles. The third-order valence-electron chi connectivity index (χ3n) is 5.96. The summed E-state index contributed by atoms with van der Waals surface area (Å²) in [6, 6.07) is 28.9. The quantitative estimate of drug-likeness (QED) is 0.282. The molecule has 3 aromatic carbocycles. The number of aromatic amines is 1. The monoisotopic (exact) mass is 469 g/mol. The van der Waals surface area contributed by atoms with E-state index >= 15 is 0 Å². The molecule has 0 radical (unpaired) electrons. The summed E-state index contributed by atoms with van der Waals surface area (Å²) in [5.74, 6) is -0.578. The van der Waals surface area contributed by atoms with Gasteiger partial charge in [-0.05, 0) is 16.7 Å². The fourth-order valence-electron chi connectivity index (χ4n) is 4.20. The molecule has 2 N–H and O–H groups in total. The highest BCUT2D eigenvalue weighted by Gasteiger charge is 2.38. The first-order valence-electron chi connectivity index (χ1n) is 11.3. The Kier molecular flexibility index (Phi) is 7.57. The number of methoxy groups -OCH3 is 1. The molecule has 0 saturated heterocycles. The molecular weight excluding hydrogens is 442 g/mol. The third-order valence-corrected chi connectivity index (χ3v) is 5.96. The van der Waals surface area contributed by atoms with Crippen LogP contribution in [-0.4, -0.2) is 41.8 Å². The lowest BCUT2D eigenvalue weighted by atomic mass is 9.70. The van der Waals surface area contributed by atoms with Gasteiger partial charge in [0.25, 0.3) is 0 Å². The largest absolute Gasteiger partial charge is 0.462 e. The molecule has 0 aliphatic carbocycles. The number of hydrogen-bond donors (Lipinski definition) is 2. The van der Waals surface area contributed by atoms with Crippen LogP contribution in [0.25, 0.3) is 0 Å². The number of alkyl carbamates (subject to hydrolysis) is 1. The van der Waals surface area contributed by atoms with Crippen molar-refractivity contribution in [1.29, 1.82) is 0 Å². The van der Waals surface area contributed by atoms with Gasteiger partial charge in [-0.1, -0.05) is 91.0 Å². The summed E-state index contributed by atoms with van der Waals surface area (Å²) in [7, 11) is 1.25. The predicted molar refractivity (Wildman–Crippen MR) is 132 cm³/mol. The number of benzene rings is 3. The molecule has 0 bridgehead atoms. The van der Waals surface area contributed by atoms with E-state index in [0.717, 1.165) is 16.7 Å². The van der Waals surface area contributed by atoms with Crippen LogP contribution >= 0.6 is 0 Å². The van der Waals surface area contributed by atoms with Gasteiger partial charge in [-0.25, -0.2) is 14.6 Å². The van der Waals surface area contributed by atoms with E-state index in [1.54, 1.807) is 6.20 Å². The minimum absolute atomic E-state index is 0.0315. The Balaban J connectivity index is 1.71. The molecule has 0 aliphatic rings. The van der Waals surface area contributed by atoms with E-state index in [4.69, 9.17) is 9.47 Å². The fourth-order valence-corrected chi connectivity index (χ4v) is 4.20. The highest BCUT2D eigenvalue weighted by atomic mass is 16.5. The third kappa shape index (κ3) is 5.41. The van der Waals surface area contributed by atoms with Gasteiger partial charge in [0.05, 0.1) is 24.5 Å². The van der Waals surface area contributed by atoms with Gasteiger partial charge >= 0.3 is 12.1 Å². The first-order valence-corrected chi connectivity index (χ1v) is 11.3. The molecule has 1 unspecified atom stereocenters. The van der Waals surface area contributed by atoms with Crippen molar-refractivity contribution in [2.45, 2.75) is 17.9 Å². The molecule has 178 valence electrons. The van der Waals surface area contributed by atoms with E-state index in [1.807, 2.05) is 91.0 Å². The van der Waals surface area contributed by atoms with E-state index in [9.17, 15) is 9.59 Å². The van der Waals surface area contributed by atoms with Crippen LogP contribution in [0.5, 0.6) is 0 Å². The molecular formula is C28H27N3O4. The van der Waals surface area contributed by atoms with Crippen LogP contribution in [-0.2, 0) is 26.1 Å². The van der Waals surface area contributed by atoms with Gasteiger partial charge in [0.2, 0.25) is 0 Å². The van der Waals surface area contributed by atoms with Crippen molar-refractivity contribution in [3.05, 3.63) is 126 Å². The Hall–Kier alpha value is -4.39. The first-order chi connectivity index (χ1) is 17.1. The van der Waals surface area contributed by atoms with E-state index in [1.165, 1.54) is 13.4 Å². The Morgan fingerprint density at radius 3 is 1.83 bits per heavy atom. The number of esters is 1. The summed E-state index contributed by atoms with van der Waals surface area (Å²) < 4.78 is 10.7. The zero-order valence-corrected chi connectivity index (χ0v) is 19.4. The number of carbonyl (C=O) groups excluding carboxylic acids is 2. The van der Waals surface area contributed by atoms with Crippen LogP contribution in [0.3, 0.4) is 0 Å². The minimum Gasteiger partial charge on any atom is -0.462 e. The van der Waals surface area contributed by atoms with E-state index in [2.05, 4.69) is 15.3 Å². The maximum absolute atomic E-state index is 13.3. The van der Waals surface area contributed by atoms with Crippen molar-refractivity contribution in [1.82, 2.24) is 15.3 Å². The molecule has 0 fully saturated rings. The summed E-state index contributed by atoms with van der Waals surface area (Å²) in [6.45, 7) is 0.0315. The number of hydrogen-bond acceptors (Lipinski definition) is 5. The summed E-state index contributed by atoms with van der Waals surface area (Å²) in [6.07, 6.45) is 2.62. The molecule has 1 heterocycles. The van der Waals surface area contributed by atoms with Crippen molar-refractivity contribution in [2.75, 3.05) is 13.7 Å². The average Bonchev–Trinajstić information content (AvgIpc) is 3.43. The molecule has 1 atom stereocenters. The number of aromatic nitrogens is 2. The van der Waals surface area contributed by atoms with Crippen molar-refractivity contribution in [3.8, 4) is 0 Å². The lowest BCUT2D eigenvalue weighted by molar-refractivity contribution is -0.147. The van der Waals surface area contributed by atoms with Crippen LogP contribution in [0.1, 0.15) is 22.4 Å². The number of nitrogens with one attached hydrogen (secondary N) is 2. The predicted octanol–water partition coefficient (Wildman–Crippen LogP) is 4.25. The molecule has 1 amide bonds. The van der Waals surface area contributed by atoms with Crippen LogP contribution < -0.4 is 5.32 Å². The molecule has 0 spiro atoms. The van der Waals surface area contributed by atoms with Crippen LogP contribution in [0.2, 0.25) is 0 Å². The highest BCUT2D eigenvalue weighted by molar-refractivity contribution is 5.81. The van der Waals surface area contributed by atoms with Crippen LogP contribution in [0.15, 0.2) is 104 Å². The highest BCUT2D eigenvalue weighted by Crippen LogP contribution is 2.39. The van der Waals surface area contributed by atoms with Gasteiger partial charge in [-0.15, -0.1) is 0 Å². The van der Waals surface area contributed by atoms with Crippen molar-refractivity contribution in [2.24, 2.45) is 0 Å². The molecule has 7 heteroatoms. The summed E-state index contributed by atoms with van der Waals surface area (Å²) in [4.78, 5) is 32.3. The maximum atomic E-state index is 13.3. The topological polar surface area (TPSA) is 93.3 Å². The Bertz CT molecular complexity index is 1120. The minimum atomic E-state index is -0.967. The Morgan fingerprint density at radius 1 is 0.886 bits per heavy atom. The summed E-state index contributed by atoms with van der Waals surface area (Å²) >= 11 is 0. The standard InChI is InChI=1S/C28H27N3O4/c1-34-27(33)31-25(17-24-18-29-20-30-24)26(32)35-19-28(21-11-5-2-6-12-21,22-13-7-3-8-14-22)23-15-9-4-10-16-23/h2-16,18,20,25H,17,19H2,1H3,(H,29,30)(H,31,33). The van der Waals surface area contributed by atoms with Gasteiger partial charge in [-0.3, -0.25) is 0 Å². The van der Waals surface area contributed by atoms with Crippen molar-refractivity contribution in [3.63, 3.8) is 0 Å². The second kappa shape index (κ2) is 11.2. The fraction of sp³-hybridized carbons (Fsp3) is 0.179. The first kappa shape index (κ1) is 23.8. The molecule has 4 aromatic rings. The number of rotatable bonds is 9. The zero-order valence-electron chi connectivity index (χ0n) is 19.4. The number of amides is 1. The normalized spacial score (nSPS) is 11.9. The molecule has 7 nitrogen and oxygen atoms in total. The number of carbonyl (C=O) groups is 2. The smallest absolute Gasteiger partial charge is 0.407 e. The van der Waals surface area contributed by atoms with Crippen LogP contribution in [0.4, 0.5) is 4.79 Å². The van der Waals surface area contributed by atoms with Gasteiger partial charge in [0.15, 0.2) is 0 Å². The Labute approximate surface area is 204 Å². The number of ether oxygens (including phenoxy) is 2. The second-order valence-corrected chi connectivity index (χ2v) is 8.06. The van der Waals surface area contributed by atoms with Gasteiger partial charge in [0.1, 0.15) is 12.6 Å². The number of H-pyrrole nitrogens is 1. The molecule has 35 heavy (non-hydrogen) atoms. The lowest BCUT2D eigenvalue weighted by Gasteiger charge is -2.35. The summed E-state index contributed by atoms with van der Waals surface area (Å²) in [5.41, 5.74) is 2.80. The number of imidazole rings is 1. The van der Waals surface area contributed by atoms with E-state index in [0.29, 0.717) is 5.69 Å². The van der Waals surface area contributed by atoms with Crippen molar-refractivity contribution < 1.29 is 19.1 Å². The lowest BCUT2D eigenvalue weighted by Crippen LogP contribution is -2.45. The van der Waals surface area contributed by atoms with Gasteiger partial charge < -0.3 is 19.8 Å². The van der Waals surface area contributed by atoms with Gasteiger partial charge in [-0.2, -0.15) is 0 Å². The Morgan fingerprint density at radius 2 is 1.40 bits per heavy atom. The van der Waals surface area contributed by atoms with Crippen molar-refractivity contribution >= 4 is 12.1 Å².